The van der Waals surface area contributed by atoms with Crippen LogP contribution < -0.4 is 4.72 Å². The van der Waals surface area contributed by atoms with E-state index in [1.807, 2.05) is 12.1 Å². The maximum atomic E-state index is 11.8. The SMILES string of the molecule is CN(CCC#N)S(=O)(=O)NCc1ccc(C#N)cc1. The zero-order valence-corrected chi connectivity index (χ0v) is 11.3. The molecule has 1 N–H and O–H groups in total. The Balaban J connectivity index is 2.60. The van der Waals surface area contributed by atoms with Gasteiger partial charge in [-0.05, 0) is 17.7 Å². The molecule has 0 atom stereocenters. The number of nitriles is 2. The van der Waals surface area contributed by atoms with E-state index in [0.717, 1.165) is 9.87 Å². The lowest BCUT2D eigenvalue weighted by Crippen LogP contribution is -2.38. The quantitative estimate of drug-likeness (QED) is 0.829. The van der Waals surface area contributed by atoms with Crippen molar-refractivity contribution in [3.8, 4) is 12.1 Å². The van der Waals surface area contributed by atoms with Gasteiger partial charge in [-0.15, -0.1) is 0 Å². The van der Waals surface area contributed by atoms with Crippen molar-refractivity contribution in [3.05, 3.63) is 35.4 Å². The van der Waals surface area contributed by atoms with E-state index in [0.29, 0.717) is 5.56 Å². The summed E-state index contributed by atoms with van der Waals surface area (Å²) < 4.78 is 27.1. The number of hydrogen-bond acceptors (Lipinski definition) is 4. The third-order valence-electron chi connectivity index (χ3n) is 2.49. The Kier molecular flexibility index (Phi) is 5.46. The highest BCUT2D eigenvalue weighted by atomic mass is 32.2. The molecule has 0 amide bonds. The first kappa shape index (κ1) is 15.1. The maximum absolute atomic E-state index is 11.8. The lowest BCUT2D eigenvalue weighted by atomic mass is 10.1. The molecule has 1 rings (SSSR count). The first-order valence-electron chi connectivity index (χ1n) is 5.56. The number of hydrogen-bond donors (Lipinski definition) is 1. The zero-order chi connectivity index (χ0) is 14.3. The summed E-state index contributed by atoms with van der Waals surface area (Å²) in [6.07, 6.45) is 0.147. The molecule has 0 aliphatic heterocycles. The van der Waals surface area contributed by atoms with Crippen molar-refractivity contribution < 1.29 is 8.42 Å². The van der Waals surface area contributed by atoms with Gasteiger partial charge in [-0.2, -0.15) is 28.0 Å². The van der Waals surface area contributed by atoms with Crippen LogP contribution in [0.5, 0.6) is 0 Å². The number of nitrogens with zero attached hydrogens (tertiary/aromatic N) is 3. The number of benzene rings is 1. The fourth-order valence-electron chi connectivity index (χ4n) is 1.31. The molecule has 0 aromatic heterocycles. The molecule has 1 aromatic rings. The standard InChI is InChI=1S/C12H14N4O2S/c1-16(8-2-7-13)19(17,18)15-10-12-5-3-11(9-14)4-6-12/h3-6,15H,2,8,10H2,1H3. The highest BCUT2D eigenvalue weighted by Gasteiger charge is 2.16. The van der Waals surface area contributed by atoms with Gasteiger partial charge >= 0.3 is 0 Å². The Hall–Kier alpha value is -1.93. The van der Waals surface area contributed by atoms with Gasteiger partial charge in [-0.1, -0.05) is 12.1 Å². The molecule has 0 unspecified atom stereocenters. The van der Waals surface area contributed by atoms with Crippen molar-refractivity contribution in [2.24, 2.45) is 0 Å². The lowest BCUT2D eigenvalue weighted by Gasteiger charge is -2.16. The average molecular weight is 278 g/mol. The number of nitrogens with one attached hydrogen (secondary N) is 1. The molecule has 0 saturated heterocycles. The molecule has 0 aliphatic carbocycles. The van der Waals surface area contributed by atoms with E-state index in [-0.39, 0.29) is 19.5 Å². The minimum absolute atomic E-state index is 0.144. The van der Waals surface area contributed by atoms with Crippen LogP contribution in [-0.2, 0) is 16.8 Å². The normalized spacial score (nSPS) is 10.9. The highest BCUT2D eigenvalue weighted by molar-refractivity contribution is 7.87. The molecular weight excluding hydrogens is 264 g/mol. The summed E-state index contributed by atoms with van der Waals surface area (Å²) in [4.78, 5) is 0. The van der Waals surface area contributed by atoms with Crippen LogP contribution in [0.4, 0.5) is 0 Å². The van der Waals surface area contributed by atoms with Gasteiger partial charge in [0.15, 0.2) is 0 Å². The minimum Gasteiger partial charge on any atom is -0.198 e. The van der Waals surface area contributed by atoms with Crippen molar-refractivity contribution in [3.63, 3.8) is 0 Å². The Morgan fingerprint density at radius 2 is 1.89 bits per heavy atom. The summed E-state index contributed by atoms with van der Waals surface area (Å²) in [6.45, 7) is 0.296. The minimum atomic E-state index is -3.58. The molecule has 100 valence electrons. The largest absolute Gasteiger partial charge is 0.279 e. The van der Waals surface area contributed by atoms with Gasteiger partial charge in [0.25, 0.3) is 10.2 Å². The van der Waals surface area contributed by atoms with Crippen molar-refractivity contribution in [2.45, 2.75) is 13.0 Å². The third-order valence-corrected chi connectivity index (χ3v) is 4.00. The number of rotatable bonds is 6. The molecule has 0 fully saturated rings. The van der Waals surface area contributed by atoms with Crippen LogP contribution in [0.15, 0.2) is 24.3 Å². The van der Waals surface area contributed by atoms with E-state index in [2.05, 4.69) is 4.72 Å². The fourth-order valence-corrected chi connectivity index (χ4v) is 2.21. The monoisotopic (exact) mass is 278 g/mol. The summed E-state index contributed by atoms with van der Waals surface area (Å²) >= 11 is 0. The molecular formula is C12H14N4O2S. The van der Waals surface area contributed by atoms with E-state index in [1.165, 1.54) is 7.05 Å². The predicted molar refractivity (Wildman–Crippen MR) is 69.8 cm³/mol. The fraction of sp³-hybridized carbons (Fsp3) is 0.333. The molecule has 0 spiro atoms. The van der Waals surface area contributed by atoms with E-state index in [9.17, 15) is 8.42 Å². The van der Waals surface area contributed by atoms with Crippen LogP contribution in [0.25, 0.3) is 0 Å². The first-order chi connectivity index (χ1) is 8.99. The molecule has 7 heteroatoms. The van der Waals surface area contributed by atoms with E-state index >= 15 is 0 Å². The Labute approximate surface area is 113 Å². The summed E-state index contributed by atoms with van der Waals surface area (Å²) in [5.41, 5.74) is 1.29. The van der Waals surface area contributed by atoms with Crippen molar-refractivity contribution >= 4 is 10.2 Å². The van der Waals surface area contributed by atoms with Crippen LogP contribution in [0.2, 0.25) is 0 Å². The summed E-state index contributed by atoms with van der Waals surface area (Å²) in [7, 11) is -2.16. The molecule has 0 bridgehead atoms. The van der Waals surface area contributed by atoms with Gasteiger partial charge in [-0.3, -0.25) is 0 Å². The van der Waals surface area contributed by atoms with Crippen molar-refractivity contribution in [1.29, 1.82) is 10.5 Å². The second-order valence-corrected chi connectivity index (χ2v) is 5.73. The second kappa shape index (κ2) is 6.86. The summed E-state index contributed by atoms with van der Waals surface area (Å²) in [6, 6.07) is 10.5. The molecule has 1 aromatic carbocycles. The van der Waals surface area contributed by atoms with Gasteiger partial charge in [-0.25, -0.2) is 0 Å². The van der Waals surface area contributed by atoms with Gasteiger partial charge in [0.1, 0.15) is 0 Å². The van der Waals surface area contributed by atoms with E-state index < -0.39 is 10.2 Å². The first-order valence-corrected chi connectivity index (χ1v) is 7.00. The Morgan fingerprint density at radius 3 is 2.42 bits per heavy atom. The molecule has 0 radical (unpaired) electrons. The van der Waals surface area contributed by atoms with Crippen LogP contribution in [0.3, 0.4) is 0 Å². The third kappa shape index (κ3) is 4.68. The topological polar surface area (TPSA) is 97.0 Å². The lowest BCUT2D eigenvalue weighted by molar-refractivity contribution is 0.464. The Morgan fingerprint density at radius 1 is 1.26 bits per heavy atom. The molecule has 0 heterocycles. The zero-order valence-electron chi connectivity index (χ0n) is 10.5. The average Bonchev–Trinajstić information content (AvgIpc) is 2.43. The van der Waals surface area contributed by atoms with Gasteiger partial charge in [0, 0.05) is 26.6 Å². The molecule has 6 nitrogen and oxygen atoms in total. The smallest absolute Gasteiger partial charge is 0.198 e. The van der Waals surface area contributed by atoms with Gasteiger partial charge in [0.2, 0.25) is 0 Å². The molecule has 0 aliphatic rings. The molecule has 19 heavy (non-hydrogen) atoms. The summed E-state index contributed by atoms with van der Waals surface area (Å²) in [5.74, 6) is 0. The highest BCUT2D eigenvalue weighted by Crippen LogP contribution is 2.04. The van der Waals surface area contributed by atoms with E-state index in [1.54, 1.807) is 24.3 Å². The van der Waals surface area contributed by atoms with Crippen molar-refractivity contribution in [2.75, 3.05) is 13.6 Å². The van der Waals surface area contributed by atoms with Crippen LogP contribution in [0.1, 0.15) is 17.5 Å². The van der Waals surface area contributed by atoms with Gasteiger partial charge in [0.05, 0.1) is 17.7 Å². The van der Waals surface area contributed by atoms with Crippen LogP contribution in [-0.4, -0.2) is 26.3 Å². The Bertz CT molecular complexity index is 596. The summed E-state index contributed by atoms with van der Waals surface area (Å²) in [5, 5.41) is 17.1. The van der Waals surface area contributed by atoms with E-state index in [4.69, 9.17) is 10.5 Å². The predicted octanol–water partition coefficient (Wildman–Crippen LogP) is 0.738. The van der Waals surface area contributed by atoms with Crippen molar-refractivity contribution in [1.82, 2.24) is 9.03 Å². The maximum Gasteiger partial charge on any atom is 0.279 e. The molecule has 0 saturated carbocycles. The van der Waals surface area contributed by atoms with Crippen LogP contribution in [0, 0.1) is 22.7 Å². The second-order valence-electron chi connectivity index (χ2n) is 3.86. The van der Waals surface area contributed by atoms with Gasteiger partial charge < -0.3 is 0 Å². The van der Waals surface area contributed by atoms with Crippen LogP contribution >= 0.6 is 0 Å².